The third kappa shape index (κ3) is 5.67. The van der Waals surface area contributed by atoms with E-state index in [2.05, 4.69) is 49.7 Å². The van der Waals surface area contributed by atoms with E-state index >= 15 is 0 Å². The Morgan fingerprint density at radius 3 is 2.39 bits per heavy atom. The zero-order valence-corrected chi connectivity index (χ0v) is 20.2. The summed E-state index contributed by atoms with van der Waals surface area (Å²) in [5.74, 6) is 1.47. The van der Waals surface area contributed by atoms with E-state index in [1.165, 1.54) is 5.56 Å². The molecule has 0 saturated carbocycles. The first-order valence-electron chi connectivity index (χ1n) is 11.9. The zero-order valence-electron chi connectivity index (χ0n) is 20.2. The van der Waals surface area contributed by atoms with Crippen molar-refractivity contribution in [3.05, 3.63) is 118 Å². The molecule has 2 aromatic heterocycles. The molecular formula is C28H28N6O2. The molecule has 8 nitrogen and oxygen atoms in total. The second-order valence-corrected chi connectivity index (χ2v) is 8.76. The first kappa shape index (κ1) is 23.4. The molecule has 0 aliphatic heterocycles. The lowest BCUT2D eigenvalue weighted by Gasteiger charge is -2.22. The van der Waals surface area contributed by atoms with Gasteiger partial charge in [-0.3, -0.25) is 9.69 Å². The normalized spacial score (nSPS) is 11.3. The molecule has 0 atom stereocenters. The lowest BCUT2D eigenvalue weighted by Crippen LogP contribution is -2.28. The summed E-state index contributed by atoms with van der Waals surface area (Å²) >= 11 is 0. The summed E-state index contributed by atoms with van der Waals surface area (Å²) in [6.45, 7) is 2.31. The molecule has 2 heterocycles. The maximum Gasteiger partial charge on any atom is 0.252 e. The van der Waals surface area contributed by atoms with Crippen LogP contribution < -0.4 is 10.3 Å². The van der Waals surface area contributed by atoms with Crippen molar-refractivity contribution in [2.24, 2.45) is 0 Å². The van der Waals surface area contributed by atoms with Crippen molar-refractivity contribution in [2.45, 2.75) is 32.6 Å². The lowest BCUT2D eigenvalue weighted by molar-refractivity contribution is 0.235. The van der Waals surface area contributed by atoms with Gasteiger partial charge >= 0.3 is 0 Å². The Balaban J connectivity index is 1.39. The summed E-state index contributed by atoms with van der Waals surface area (Å²) in [6, 6.07) is 28.1. The summed E-state index contributed by atoms with van der Waals surface area (Å²) in [4.78, 5) is 18.2. The van der Waals surface area contributed by atoms with Crippen LogP contribution in [0.1, 0.15) is 22.5 Å². The van der Waals surface area contributed by atoms with E-state index in [4.69, 9.17) is 4.74 Å². The molecule has 0 fully saturated rings. The number of pyridine rings is 1. The van der Waals surface area contributed by atoms with Gasteiger partial charge in [0, 0.05) is 31.3 Å². The number of nitrogens with zero attached hydrogens (tertiary/aromatic N) is 5. The summed E-state index contributed by atoms with van der Waals surface area (Å²) in [5, 5.41) is 13.4. The van der Waals surface area contributed by atoms with Gasteiger partial charge in [-0.1, -0.05) is 60.7 Å². The van der Waals surface area contributed by atoms with Crippen molar-refractivity contribution in [3.8, 4) is 5.75 Å². The van der Waals surface area contributed by atoms with Crippen molar-refractivity contribution in [1.82, 2.24) is 30.1 Å². The van der Waals surface area contributed by atoms with Gasteiger partial charge in [-0.15, -0.1) is 5.10 Å². The largest absolute Gasteiger partial charge is 0.497 e. The number of benzene rings is 3. The summed E-state index contributed by atoms with van der Waals surface area (Å²) in [5.41, 5.74) is 3.72. The average Bonchev–Trinajstić information content (AvgIpc) is 3.35. The average molecular weight is 481 g/mol. The van der Waals surface area contributed by atoms with Crippen LogP contribution in [0.15, 0.2) is 89.7 Å². The van der Waals surface area contributed by atoms with Gasteiger partial charge in [-0.05, 0) is 51.6 Å². The Morgan fingerprint density at radius 2 is 1.64 bits per heavy atom. The second kappa shape index (κ2) is 11.0. The van der Waals surface area contributed by atoms with Crippen molar-refractivity contribution in [2.75, 3.05) is 7.11 Å². The number of ether oxygens (including phenoxy) is 1. The van der Waals surface area contributed by atoms with E-state index < -0.39 is 0 Å². The predicted octanol–water partition coefficient (Wildman–Crippen LogP) is 3.97. The molecule has 5 aromatic rings. The van der Waals surface area contributed by atoms with Gasteiger partial charge in [0.15, 0.2) is 5.82 Å². The summed E-state index contributed by atoms with van der Waals surface area (Å²) in [7, 11) is 1.61. The Morgan fingerprint density at radius 1 is 0.889 bits per heavy atom. The Kier molecular flexibility index (Phi) is 7.14. The van der Waals surface area contributed by atoms with Crippen molar-refractivity contribution >= 4 is 10.9 Å². The molecular weight excluding hydrogens is 452 g/mol. The Labute approximate surface area is 209 Å². The highest BCUT2D eigenvalue weighted by atomic mass is 16.5. The number of nitrogens with one attached hydrogen (secondary N) is 1. The van der Waals surface area contributed by atoms with Crippen LogP contribution in [0.4, 0.5) is 0 Å². The number of aryl methyl sites for hydroxylation is 2. The van der Waals surface area contributed by atoms with Crippen LogP contribution in [0.2, 0.25) is 0 Å². The van der Waals surface area contributed by atoms with Crippen LogP contribution in [0.3, 0.4) is 0 Å². The van der Waals surface area contributed by atoms with E-state index in [9.17, 15) is 4.79 Å². The number of aromatic amines is 1. The van der Waals surface area contributed by atoms with Gasteiger partial charge in [-0.25, -0.2) is 4.68 Å². The SMILES string of the molecule is COc1ccc2cc(CN(Cc3ccccc3)Cc3nnnn3CCc3ccccc3)c(=O)[nH]c2c1. The molecule has 0 amide bonds. The number of tetrazole rings is 1. The van der Waals surface area contributed by atoms with Gasteiger partial charge in [-0.2, -0.15) is 0 Å². The Hall–Kier alpha value is -4.30. The third-order valence-corrected chi connectivity index (χ3v) is 6.20. The van der Waals surface area contributed by atoms with E-state index in [0.717, 1.165) is 28.7 Å². The van der Waals surface area contributed by atoms with Crippen LogP contribution in [0, 0.1) is 0 Å². The lowest BCUT2D eigenvalue weighted by atomic mass is 10.1. The molecule has 3 aromatic carbocycles. The van der Waals surface area contributed by atoms with Crippen molar-refractivity contribution in [3.63, 3.8) is 0 Å². The van der Waals surface area contributed by atoms with Crippen molar-refractivity contribution < 1.29 is 4.74 Å². The highest BCUT2D eigenvalue weighted by Gasteiger charge is 2.16. The molecule has 0 spiro atoms. The molecule has 182 valence electrons. The first-order chi connectivity index (χ1) is 17.7. The zero-order chi connectivity index (χ0) is 24.7. The van der Waals surface area contributed by atoms with E-state index in [1.54, 1.807) is 7.11 Å². The molecule has 36 heavy (non-hydrogen) atoms. The van der Waals surface area contributed by atoms with E-state index in [0.29, 0.717) is 37.5 Å². The number of hydrogen-bond donors (Lipinski definition) is 1. The highest BCUT2D eigenvalue weighted by molar-refractivity contribution is 5.80. The van der Waals surface area contributed by atoms with Crippen LogP contribution in [0.25, 0.3) is 10.9 Å². The van der Waals surface area contributed by atoms with Gasteiger partial charge in [0.1, 0.15) is 5.75 Å². The maximum atomic E-state index is 13.0. The third-order valence-electron chi connectivity index (χ3n) is 6.20. The number of H-pyrrole nitrogens is 1. The maximum absolute atomic E-state index is 13.0. The minimum absolute atomic E-state index is 0.113. The van der Waals surface area contributed by atoms with Gasteiger partial charge in [0.25, 0.3) is 5.56 Å². The molecule has 1 N–H and O–H groups in total. The van der Waals surface area contributed by atoms with Gasteiger partial charge in [0.2, 0.25) is 0 Å². The number of rotatable bonds is 10. The number of fused-ring (bicyclic) bond motifs is 1. The fourth-order valence-corrected chi connectivity index (χ4v) is 4.31. The second-order valence-electron chi connectivity index (χ2n) is 8.76. The van der Waals surface area contributed by atoms with E-state index in [1.807, 2.05) is 65.3 Å². The van der Waals surface area contributed by atoms with Gasteiger partial charge in [0.05, 0.1) is 19.2 Å². The fraction of sp³-hybridized carbons (Fsp3) is 0.214. The summed E-state index contributed by atoms with van der Waals surface area (Å²) < 4.78 is 7.14. The Bertz CT molecular complexity index is 1480. The fourth-order valence-electron chi connectivity index (χ4n) is 4.31. The minimum Gasteiger partial charge on any atom is -0.497 e. The monoisotopic (exact) mass is 480 g/mol. The van der Waals surface area contributed by atoms with Crippen LogP contribution >= 0.6 is 0 Å². The molecule has 5 rings (SSSR count). The molecule has 0 bridgehead atoms. The van der Waals surface area contributed by atoms with Crippen LogP contribution in [-0.2, 0) is 32.6 Å². The predicted molar refractivity (Wildman–Crippen MR) is 138 cm³/mol. The molecule has 0 saturated heterocycles. The topological polar surface area (TPSA) is 88.9 Å². The standard InChI is InChI=1S/C28H28N6O2/c1-36-25-13-12-23-16-24(28(35)29-26(23)17-25)19-33(18-22-10-6-3-7-11-22)20-27-30-31-32-34(27)15-14-21-8-4-2-5-9-21/h2-13,16-17H,14-15,18-20H2,1H3,(H,29,35). The molecule has 8 heteroatoms. The van der Waals surface area contributed by atoms with Gasteiger partial charge < -0.3 is 9.72 Å². The van der Waals surface area contributed by atoms with Crippen molar-refractivity contribution in [1.29, 1.82) is 0 Å². The number of aromatic nitrogens is 5. The highest BCUT2D eigenvalue weighted by Crippen LogP contribution is 2.20. The number of hydrogen-bond acceptors (Lipinski definition) is 6. The number of methoxy groups -OCH3 is 1. The van der Waals surface area contributed by atoms with Crippen LogP contribution in [0.5, 0.6) is 5.75 Å². The minimum atomic E-state index is -0.113. The smallest absolute Gasteiger partial charge is 0.252 e. The quantitative estimate of drug-likeness (QED) is 0.325. The molecule has 0 aliphatic carbocycles. The molecule has 0 radical (unpaired) electrons. The molecule has 0 unspecified atom stereocenters. The van der Waals surface area contributed by atoms with Crippen LogP contribution in [-0.4, -0.2) is 37.2 Å². The summed E-state index contributed by atoms with van der Waals surface area (Å²) in [6.07, 6.45) is 0.839. The molecule has 0 aliphatic rings. The van der Waals surface area contributed by atoms with E-state index in [-0.39, 0.29) is 5.56 Å². The first-order valence-corrected chi connectivity index (χ1v) is 11.9.